The maximum atomic E-state index is 13.0. The average Bonchev–Trinajstić information content (AvgIpc) is 3.26. The molecule has 0 N–H and O–H groups in total. The highest BCUT2D eigenvalue weighted by Crippen LogP contribution is 2.64. The van der Waals surface area contributed by atoms with E-state index in [0.29, 0.717) is 40.9 Å². The van der Waals surface area contributed by atoms with Crippen LogP contribution in [0.15, 0.2) is 42.0 Å². The van der Waals surface area contributed by atoms with Gasteiger partial charge in [0.2, 0.25) is 0 Å². The average molecular weight is 539 g/mol. The van der Waals surface area contributed by atoms with Crippen LogP contribution in [0, 0.1) is 35.0 Å². The summed E-state index contributed by atoms with van der Waals surface area (Å²) >= 11 is 5.82. The molecular formula is C34H47ClO3. The Kier molecular flexibility index (Phi) is 9.34. The second-order valence-corrected chi connectivity index (χ2v) is 13.4. The maximum absolute atomic E-state index is 13.0. The molecule has 4 aliphatic rings. The Balaban J connectivity index is 1.27. The van der Waals surface area contributed by atoms with Crippen molar-refractivity contribution in [3.8, 4) is 0 Å². The largest absolute Gasteiger partial charge is 0.458 e. The van der Waals surface area contributed by atoms with E-state index in [1.165, 1.54) is 63.4 Å². The van der Waals surface area contributed by atoms with E-state index in [1.54, 1.807) is 0 Å². The summed E-state index contributed by atoms with van der Waals surface area (Å²) < 4.78 is 6.26. The molecule has 1 aromatic carbocycles. The quantitative estimate of drug-likeness (QED) is 0.160. The molecule has 0 bridgehead atoms. The van der Waals surface area contributed by atoms with Crippen molar-refractivity contribution in [2.24, 2.45) is 35.0 Å². The second kappa shape index (κ2) is 12.7. The van der Waals surface area contributed by atoms with Crippen LogP contribution >= 0.6 is 11.6 Å². The summed E-state index contributed by atoms with van der Waals surface area (Å²) in [6.45, 7) is 2.43. The van der Waals surface area contributed by atoms with Crippen molar-refractivity contribution < 1.29 is 14.3 Å². The highest BCUT2D eigenvalue weighted by molar-refractivity contribution is 6.17. The van der Waals surface area contributed by atoms with Crippen LogP contribution in [-0.2, 0) is 9.53 Å². The number of rotatable bonds is 11. The van der Waals surface area contributed by atoms with E-state index >= 15 is 0 Å². The maximum Gasteiger partial charge on any atom is 0.338 e. The van der Waals surface area contributed by atoms with Crippen molar-refractivity contribution in [3.63, 3.8) is 0 Å². The number of ether oxygens (including phenoxy) is 1. The van der Waals surface area contributed by atoms with Crippen molar-refractivity contribution in [2.45, 2.75) is 109 Å². The van der Waals surface area contributed by atoms with E-state index in [1.807, 2.05) is 36.4 Å². The van der Waals surface area contributed by atoms with Crippen molar-refractivity contribution >= 4 is 23.4 Å². The lowest BCUT2D eigenvalue weighted by Crippen LogP contribution is -2.51. The molecular weight excluding hydrogens is 492 g/mol. The van der Waals surface area contributed by atoms with Crippen molar-refractivity contribution in [2.75, 3.05) is 5.88 Å². The predicted molar refractivity (Wildman–Crippen MR) is 154 cm³/mol. The first-order valence-corrected chi connectivity index (χ1v) is 16.1. The molecule has 0 radical (unpaired) electrons. The zero-order valence-corrected chi connectivity index (χ0v) is 24.1. The molecule has 5 rings (SSSR count). The van der Waals surface area contributed by atoms with E-state index in [9.17, 15) is 9.59 Å². The molecule has 0 unspecified atom stereocenters. The number of carbonyl (C=O) groups is 2. The van der Waals surface area contributed by atoms with Gasteiger partial charge in [0.1, 0.15) is 6.10 Å². The SMILES string of the molecule is C[C@]12CC[C@H]3[C@@H]([C@H](CCCCCCCCCCl)CC4=CC(=O)CC[C@@H]43)[C@@H]1CC[C@@H]2OC(=O)c1ccccc1. The smallest absolute Gasteiger partial charge is 0.338 e. The Morgan fingerprint density at radius 2 is 1.71 bits per heavy atom. The van der Waals surface area contributed by atoms with Gasteiger partial charge in [0, 0.05) is 17.7 Å². The Labute approximate surface area is 235 Å². The Bertz CT molecular complexity index is 987. The van der Waals surface area contributed by atoms with Crippen LogP contribution < -0.4 is 0 Å². The minimum atomic E-state index is -0.165. The third-order valence-electron chi connectivity index (χ3n) is 10.8. The number of hydrogen-bond donors (Lipinski definition) is 0. The molecule has 0 aromatic heterocycles. The number of hydrogen-bond acceptors (Lipinski definition) is 3. The third-order valence-corrected chi connectivity index (χ3v) is 11.1. The van der Waals surface area contributed by atoms with Gasteiger partial charge in [0.25, 0.3) is 0 Å². The lowest BCUT2D eigenvalue weighted by Gasteiger charge is -2.56. The Morgan fingerprint density at radius 1 is 0.974 bits per heavy atom. The monoisotopic (exact) mass is 538 g/mol. The van der Waals surface area contributed by atoms with Crippen LogP contribution in [0.5, 0.6) is 0 Å². The topological polar surface area (TPSA) is 43.4 Å². The lowest BCUT2D eigenvalue weighted by molar-refractivity contribution is -0.116. The number of esters is 1. The van der Waals surface area contributed by atoms with Crippen LogP contribution in [0.2, 0.25) is 0 Å². The summed E-state index contributed by atoms with van der Waals surface area (Å²) in [7, 11) is 0. The molecule has 3 saturated carbocycles. The van der Waals surface area contributed by atoms with Gasteiger partial charge in [-0.05, 0) is 99.2 Å². The van der Waals surface area contributed by atoms with Gasteiger partial charge in [0.15, 0.2) is 5.78 Å². The van der Waals surface area contributed by atoms with Crippen molar-refractivity contribution in [1.29, 1.82) is 0 Å². The van der Waals surface area contributed by atoms with Crippen LogP contribution in [0.4, 0.5) is 0 Å². The number of allylic oxidation sites excluding steroid dienone is 1. The Hall–Kier alpha value is -1.61. The van der Waals surface area contributed by atoms with Crippen LogP contribution in [0.3, 0.4) is 0 Å². The van der Waals surface area contributed by atoms with Gasteiger partial charge in [0.05, 0.1) is 5.56 Å². The van der Waals surface area contributed by atoms with Gasteiger partial charge >= 0.3 is 5.97 Å². The molecule has 0 aliphatic heterocycles. The van der Waals surface area contributed by atoms with Crippen molar-refractivity contribution in [1.82, 2.24) is 0 Å². The van der Waals surface area contributed by atoms with Gasteiger partial charge in [-0.15, -0.1) is 11.6 Å². The van der Waals surface area contributed by atoms with E-state index in [-0.39, 0.29) is 17.5 Å². The fourth-order valence-corrected chi connectivity index (χ4v) is 9.16. The molecule has 0 spiro atoms. The summed E-state index contributed by atoms with van der Waals surface area (Å²) in [6, 6.07) is 9.49. The predicted octanol–water partition coefficient (Wildman–Crippen LogP) is 8.94. The normalized spacial score (nSPS) is 34.2. The second-order valence-electron chi connectivity index (χ2n) is 13.0. The first-order chi connectivity index (χ1) is 18.5. The first-order valence-electron chi connectivity index (χ1n) is 15.6. The number of alkyl halides is 1. The number of benzene rings is 1. The highest BCUT2D eigenvalue weighted by atomic mass is 35.5. The molecule has 4 aliphatic carbocycles. The molecule has 7 atom stereocenters. The number of unbranched alkanes of at least 4 members (excludes halogenated alkanes) is 6. The van der Waals surface area contributed by atoms with E-state index < -0.39 is 0 Å². The molecule has 208 valence electrons. The number of carbonyl (C=O) groups excluding carboxylic acids is 2. The molecule has 38 heavy (non-hydrogen) atoms. The van der Waals surface area contributed by atoms with Gasteiger partial charge in [-0.25, -0.2) is 4.79 Å². The molecule has 3 fully saturated rings. The minimum absolute atomic E-state index is 0.0136. The lowest BCUT2D eigenvalue weighted by atomic mass is 9.49. The van der Waals surface area contributed by atoms with Crippen LogP contribution in [0.25, 0.3) is 0 Å². The van der Waals surface area contributed by atoms with Crippen LogP contribution in [0.1, 0.15) is 114 Å². The van der Waals surface area contributed by atoms with Gasteiger partial charge in [-0.2, -0.15) is 0 Å². The Morgan fingerprint density at radius 3 is 2.47 bits per heavy atom. The summed E-state index contributed by atoms with van der Waals surface area (Å²) in [5.41, 5.74) is 2.20. The van der Waals surface area contributed by atoms with Crippen LogP contribution in [-0.4, -0.2) is 23.7 Å². The van der Waals surface area contributed by atoms with Gasteiger partial charge < -0.3 is 4.74 Å². The first kappa shape index (κ1) is 27.9. The zero-order chi connectivity index (χ0) is 26.5. The van der Waals surface area contributed by atoms with Gasteiger partial charge in [-0.1, -0.05) is 69.2 Å². The summed E-state index contributed by atoms with van der Waals surface area (Å²) in [6.07, 6.45) is 19.7. The number of halogens is 1. The fourth-order valence-electron chi connectivity index (χ4n) is 8.98. The summed E-state index contributed by atoms with van der Waals surface area (Å²) in [4.78, 5) is 25.4. The standard InChI is InChI=1S/C34H47ClO3/c1-34-20-19-29-28-16-15-27(36)23-26(28)22-25(14-8-5-3-2-4-6-11-21-35)32(29)30(34)17-18-31(34)38-33(37)24-12-9-7-10-13-24/h7,9-10,12-13,23,25,28-32H,2-6,8,11,14-22H2,1H3/t25-,28+,29-,30+,31+,32-,34+/m1/s1. The number of fused-ring (bicyclic) bond motifs is 5. The molecule has 0 heterocycles. The molecule has 4 heteroatoms. The van der Waals surface area contributed by atoms with E-state index in [2.05, 4.69) is 6.92 Å². The third kappa shape index (κ3) is 5.93. The van der Waals surface area contributed by atoms with Crippen molar-refractivity contribution in [3.05, 3.63) is 47.5 Å². The summed E-state index contributed by atoms with van der Waals surface area (Å²) in [5, 5.41) is 0. The van der Waals surface area contributed by atoms with Gasteiger partial charge in [-0.3, -0.25) is 4.79 Å². The number of ketones is 1. The molecule has 3 nitrogen and oxygen atoms in total. The molecule has 1 aromatic rings. The van der Waals surface area contributed by atoms with E-state index in [4.69, 9.17) is 16.3 Å². The summed E-state index contributed by atoms with van der Waals surface area (Å²) in [5.74, 6) is 4.26. The molecule has 0 amide bonds. The fraction of sp³-hybridized carbons (Fsp3) is 0.706. The molecule has 0 saturated heterocycles. The minimum Gasteiger partial charge on any atom is -0.458 e. The highest BCUT2D eigenvalue weighted by Gasteiger charge is 2.59. The zero-order valence-electron chi connectivity index (χ0n) is 23.3. The van der Waals surface area contributed by atoms with E-state index in [0.717, 1.165) is 44.4 Å².